The standard InChI is InChI=1S/C34H41F3N6O3S/c1-22-25-8-7-9-27(29(25)35)34(36,37)11-10-24-19-42(20-24)14-5-3-4-6-15-43-31-26(30(39-22)40-23(2)41-31)18-28(32(43)44)33(21-38)12-16-47(45,46)17-13-33/h7-9,18,22,24H,3-6,10-17,19-20H2,1-2H3,(H,39,40,41)/t22-/m0/s1. The minimum absolute atomic E-state index is 0.0119. The van der Waals surface area contributed by atoms with Crippen molar-refractivity contribution >= 4 is 26.7 Å². The molecule has 8 bridgehead atoms. The molecule has 0 aliphatic carbocycles. The molecule has 0 spiro atoms. The number of fused-ring (bicyclic) bond motifs is 8. The van der Waals surface area contributed by atoms with Gasteiger partial charge in [0.05, 0.1) is 40.0 Å². The second-order valence-corrected chi connectivity index (χ2v) is 15.9. The van der Waals surface area contributed by atoms with Gasteiger partial charge in [-0.1, -0.05) is 31.0 Å². The van der Waals surface area contributed by atoms with Gasteiger partial charge in [0.1, 0.15) is 32.9 Å². The van der Waals surface area contributed by atoms with Crippen molar-refractivity contribution in [3.8, 4) is 6.07 Å². The number of hydrogen-bond acceptors (Lipinski definition) is 8. The largest absolute Gasteiger partial charge is 0.363 e. The molecule has 4 aliphatic rings. The quantitative estimate of drug-likeness (QED) is 0.347. The molecule has 252 valence electrons. The highest BCUT2D eigenvalue weighted by Crippen LogP contribution is 2.40. The number of nitrogens with one attached hydrogen (secondary N) is 1. The molecule has 1 N–H and O–H groups in total. The van der Waals surface area contributed by atoms with Gasteiger partial charge in [0, 0.05) is 37.2 Å². The Morgan fingerprint density at radius 2 is 1.72 bits per heavy atom. The molecule has 0 unspecified atom stereocenters. The van der Waals surface area contributed by atoms with E-state index in [1.807, 2.05) is 0 Å². The first-order chi connectivity index (χ1) is 22.3. The van der Waals surface area contributed by atoms with Gasteiger partial charge in [0.25, 0.3) is 11.5 Å². The molecule has 2 aromatic heterocycles. The van der Waals surface area contributed by atoms with Crippen molar-refractivity contribution in [1.29, 1.82) is 5.26 Å². The van der Waals surface area contributed by atoms with E-state index in [1.165, 1.54) is 12.1 Å². The number of nitrogens with zero attached hydrogens (tertiary/aromatic N) is 5. The second-order valence-electron chi connectivity index (χ2n) is 13.6. The summed E-state index contributed by atoms with van der Waals surface area (Å²) in [5, 5.41) is 14.0. The number of nitriles is 1. The molecule has 1 atom stereocenters. The van der Waals surface area contributed by atoms with Crippen LogP contribution in [0.1, 0.15) is 86.8 Å². The number of pyridine rings is 1. The van der Waals surface area contributed by atoms with Crippen molar-refractivity contribution in [3.63, 3.8) is 0 Å². The van der Waals surface area contributed by atoms with Gasteiger partial charge in [-0.05, 0) is 64.5 Å². The summed E-state index contributed by atoms with van der Waals surface area (Å²) < 4.78 is 73.0. The summed E-state index contributed by atoms with van der Waals surface area (Å²) in [6.07, 6.45) is 3.28. The van der Waals surface area contributed by atoms with Crippen LogP contribution in [0.4, 0.5) is 19.0 Å². The molecule has 2 fully saturated rings. The Morgan fingerprint density at radius 3 is 2.43 bits per heavy atom. The molecule has 2 saturated heterocycles. The van der Waals surface area contributed by atoms with Crippen LogP contribution < -0.4 is 10.9 Å². The first-order valence-corrected chi connectivity index (χ1v) is 18.3. The van der Waals surface area contributed by atoms with Crippen LogP contribution in [0.2, 0.25) is 0 Å². The molecule has 0 amide bonds. The third kappa shape index (κ3) is 6.64. The van der Waals surface area contributed by atoms with Gasteiger partial charge in [-0.3, -0.25) is 9.36 Å². The fourth-order valence-corrected chi connectivity index (χ4v) is 8.83. The van der Waals surface area contributed by atoms with Gasteiger partial charge >= 0.3 is 0 Å². The lowest BCUT2D eigenvalue weighted by Crippen LogP contribution is -2.47. The van der Waals surface area contributed by atoms with E-state index in [-0.39, 0.29) is 52.8 Å². The molecular formula is C34H41F3N6O3S. The van der Waals surface area contributed by atoms with Crippen LogP contribution in [0, 0.1) is 30.0 Å². The fraction of sp³-hybridized carbons (Fsp3) is 0.588. The Balaban J connectivity index is 1.47. The lowest BCUT2D eigenvalue weighted by Gasteiger charge is -2.40. The molecule has 1 aromatic carbocycles. The number of rotatable bonds is 1. The summed E-state index contributed by atoms with van der Waals surface area (Å²) in [5.41, 5.74) is -1.76. The zero-order valence-corrected chi connectivity index (χ0v) is 27.7. The molecule has 7 rings (SSSR count). The van der Waals surface area contributed by atoms with Crippen molar-refractivity contribution in [2.45, 2.75) is 89.1 Å². The van der Waals surface area contributed by atoms with Gasteiger partial charge < -0.3 is 10.2 Å². The Bertz CT molecular complexity index is 1870. The minimum atomic E-state index is -3.33. The van der Waals surface area contributed by atoms with E-state index < -0.39 is 45.0 Å². The summed E-state index contributed by atoms with van der Waals surface area (Å²) in [5.74, 6) is -3.94. The zero-order valence-electron chi connectivity index (χ0n) is 26.9. The molecule has 3 aromatic rings. The maximum atomic E-state index is 15.9. The van der Waals surface area contributed by atoms with E-state index in [0.29, 0.717) is 36.2 Å². The molecule has 0 saturated carbocycles. The van der Waals surface area contributed by atoms with Crippen LogP contribution in [-0.4, -0.2) is 59.0 Å². The van der Waals surface area contributed by atoms with Gasteiger partial charge in [-0.15, -0.1) is 0 Å². The Kier molecular flexibility index (Phi) is 9.13. The number of aryl methyl sites for hydroxylation is 2. The van der Waals surface area contributed by atoms with Crippen LogP contribution in [0.3, 0.4) is 0 Å². The number of hydrogen-bond donors (Lipinski definition) is 1. The van der Waals surface area contributed by atoms with Crippen LogP contribution in [0.15, 0.2) is 29.1 Å². The maximum absolute atomic E-state index is 15.9. The predicted octanol–water partition coefficient (Wildman–Crippen LogP) is 5.76. The smallest absolute Gasteiger partial charge is 0.276 e. The van der Waals surface area contributed by atoms with E-state index in [0.717, 1.165) is 45.0 Å². The van der Waals surface area contributed by atoms with Crippen LogP contribution in [0.25, 0.3) is 11.0 Å². The summed E-state index contributed by atoms with van der Waals surface area (Å²) in [6, 6.07) is 7.10. The molecule has 9 nitrogen and oxygen atoms in total. The summed E-state index contributed by atoms with van der Waals surface area (Å²) in [7, 11) is -3.33. The number of aromatic nitrogens is 3. The highest BCUT2D eigenvalue weighted by atomic mass is 32.2. The van der Waals surface area contributed by atoms with Gasteiger partial charge in [-0.25, -0.2) is 31.6 Å². The fourth-order valence-electron chi connectivity index (χ4n) is 7.31. The second kappa shape index (κ2) is 12.8. The molecule has 13 heteroatoms. The highest BCUT2D eigenvalue weighted by Gasteiger charge is 2.42. The number of sulfone groups is 1. The monoisotopic (exact) mass is 670 g/mol. The Hall–Kier alpha value is -3.50. The Morgan fingerprint density at radius 1 is 1.02 bits per heavy atom. The normalized spacial score (nSPS) is 25.9. The highest BCUT2D eigenvalue weighted by molar-refractivity contribution is 7.91. The van der Waals surface area contributed by atoms with E-state index >= 15 is 13.2 Å². The van der Waals surface area contributed by atoms with Crippen molar-refractivity contribution in [2.75, 3.05) is 36.5 Å². The lowest BCUT2D eigenvalue weighted by molar-refractivity contribution is -0.0320. The van der Waals surface area contributed by atoms with E-state index in [1.54, 1.807) is 24.5 Å². The zero-order chi connectivity index (χ0) is 33.6. The van der Waals surface area contributed by atoms with Gasteiger partial charge in [0.15, 0.2) is 0 Å². The van der Waals surface area contributed by atoms with E-state index in [4.69, 9.17) is 0 Å². The number of halogens is 3. The van der Waals surface area contributed by atoms with Gasteiger partial charge in [-0.2, -0.15) is 5.26 Å². The summed E-state index contributed by atoms with van der Waals surface area (Å²) in [4.78, 5) is 25.7. The average Bonchev–Trinajstić information content (AvgIpc) is 3.00. The van der Waals surface area contributed by atoms with Crippen molar-refractivity contribution in [1.82, 2.24) is 19.4 Å². The third-order valence-electron chi connectivity index (χ3n) is 10.2. The van der Waals surface area contributed by atoms with E-state index in [9.17, 15) is 18.5 Å². The SMILES string of the molecule is Cc1nc2c3cc(C4(C#N)CCS(=O)(=O)CC4)c(=O)n(c3n1)CCCCCCN1CC(CCC(F)(F)c3cccc(c3F)[C@H](C)N2)C1. The van der Waals surface area contributed by atoms with Crippen molar-refractivity contribution in [3.05, 3.63) is 63.0 Å². The molecular weight excluding hydrogens is 629 g/mol. The average molecular weight is 671 g/mol. The minimum Gasteiger partial charge on any atom is -0.363 e. The summed E-state index contributed by atoms with van der Waals surface area (Å²) >= 11 is 0. The maximum Gasteiger partial charge on any atom is 0.276 e. The molecule has 4 aliphatic heterocycles. The predicted molar refractivity (Wildman–Crippen MR) is 174 cm³/mol. The third-order valence-corrected chi connectivity index (χ3v) is 11.9. The first kappa shape index (κ1) is 33.4. The van der Waals surface area contributed by atoms with Crippen LogP contribution >= 0.6 is 0 Å². The first-order valence-electron chi connectivity index (χ1n) is 16.5. The van der Waals surface area contributed by atoms with Gasteiger partial charge in [0.2, 0.25) is 0 Å². The number of anilines is 1. The molecule has 6 heterocycles. The van der Waals surface area contributed by atoms with Crippen LogP contribution in [0.5, 0.6) is 0 Å². The van der Waals surface area contributed by atoms with Crippen LogP contribution in [-0.2, 0) is 27.7 Å². The number of alkyl halides is 2. The Labute approximate surface area is 273 Å². The lowest BCUT2D eigenvalue weighted by atomic mass is 9.77. The van der Waals surface area contributed by atoms with Crippen molar-refractivity contribution in [2.24, 2.45) is 5.92 Å². The van der Waals surface area contributed by atoms with Crippen molar-refractivity contribution < 1.29 is 21.6 Å². The molecule has 47 heavy (non-hydrogen) atoms. The summed E-state index contributed by atoms with van der Waals surface area (Å²) in [6.45, 7) is 6.05. The molecule has 0 radical (unpaired) electrons. The topological polar surface area (TPSA) is 121 Å². The number of benzene rings is 1. The van der Waals surface area contributed by atoms with E-state index in [2.05, 4.69) is 26.3 Å².